The molecular formula is C19H14N2O7. The second-order valence-electron chi connectivity index (χ2n) is 5.76. The standard InChI is InChI=1S/C17H12N2O3.C2H2O4/c1-9-15(17-18-12-4-2-3-5-13(12)19-17)16(21)11-7-6-10(20)8-14(11)22-9;3-1(4)2(5)6/h2-8,20H,1H3,(H,18,19);(H,3,4)(H,5,6). The predicted molar refractivity (Wildman–Crippen MR) is 99.2 cm³/mol. The molecule has 2 aromatic heterocycles. The van der Waals surface area contributed by atoms with Crippen LogP contribution >= 0.6 is 0 Å². The number of rotatable bonds is 1. The molecule has 0 saturated heterocycles. The number of aromatic nitrogens is 2. The molecular weight excluding hydrogens is 368 g/mol. The van der Waals surface area contributed by atoms with Crippen LogP contribution in [-0.2, 0) is 9.59 Å². The van der Waals surface area contributed by atoms with Gasteiger partial charge < -0.3 is 24.7 Å². The minimum Gasteiger partial charge on any atom is -0.508 e. The molecule has 9 heteroatoms. The number of carbonyl (C=O) groups is 2. The van der Waals surface area contributed by atoms with Gasteiger partial charge in [0.2, 0.25) is 5.43 Å². The lowest BCUT2D eigenvalue weighted by Gasteiger charge is -2.04. The van der Waals surface area contributed by atoms with Crippen molar-refractivity contribution in [2.75, 3.05) is 0 Å². The average molecular weight is 382 g/mol. The quantitative estimate of drug-likeness (QED) is 0.366. The third kappa shape index (κ3) is 3.54. The summed E-state index contributed by atoms with van der Waals surface area (Å²) in [5.41, 5.74) is 2.26. The number of aryl methyl sites for hydroxylation is 1. The number of fused-ring (bicyclic) bond motifs is 2. The third-order valence-corrected chi connectivity index (χ3v) is 3.86. The molecule has 0 saturated carbocycles. The molecule has 4 aromatic rings. The van der Waals surface area contributed by atoms with Gasteiger partial charge in [0.1, 0.15) is 28.5 Å². The number of hydrogen-bond donors (Lipinski definition) is 4. The Kier molecular flexibility index (Phi) is 4.82. The van der Waals surface area contributed by atoms with E-state index in [0.29, 0.717) is 28.1 Å². The van der Waals surface area contributed by atoms with Crippen LogP contribution in [0.4, 0.5) is 0 Å². The van der Waals surface area contributed by atoms with Gasteiger partial charge in [0.25, 0.3) is 0 Å². The fourth-order valence-corrected chi connectivity index (χ4v) is 2.64. The van der Waals surface area contributed by atoms with Crippen LogP contribution < -0.4 is 5.43 Å². The van der Waals surface area contributed by atoms with E-state index >= 15 is 0 Å². The minimum atomic E-state index is -1.82. The number of para-hydroxylation sites is 2. The normalized spacial score (nSPS) is 10.5. The van der Waals surface area contributed by atoms with Crippen LogP contribution in [0.1, 0.15) is 5.76 Å². The maximum Gasteiger partial charge on any atom is 0.414 e. The van der Waals surface area contributed by atoms with E-state index < -0.39 is 11.9 Å². The van der Waals surface area contributed by atoms with Crippen molar-refractivity contribution in [3.8, 4) is 17.1 Å². The van der Waals surface area contributed by atoms with Gasteiger partial charge in [-0.3, -0.25) is 4.79 Å². The first-order valence-electron chi connectivity index (χ1n) is 7.95. The molecule has 0 aliphatic carbocycles. The number of H-pyrrole nitrogens is 1. The van der Waals surface area contributed by atoms with Gasteiger partial charge in [-0.1, -0.05) is 12.1 Å². The summed E-state index contributed by atoms with van der Waals surface area (Å²) in [6.45, 7) is 1.72. The van der Waals surface area contributed by atoms with Gasteiger partial charge in [-0.25, -0.2) is 14.6 Å². The number of aromatic amines is 1. The Hall–Kier alpha value is -4.14. The zero-order valence-electron chi connectivity index (χ0n) is 14.5. The lowest BCUT2D eigenvalue weighted by atomic mass is 10.1. The van der Waals surface area contributed by atoms with Crippen LogP contribution in [0.3, 0.4) is 0 Å². The van der Waals surface area contributed by atoms with Crippen LogP contribution in [0, 0.1) is 6.92 Å². The maximum absolute atomic E-state index is 12.7. The highest BCUT2D eigenvalue weighted by Gasteiger charge is 2.17. The second-order valence-corrected chi connectivity index (χ2v) is 5.76. The van der Waals surface area contributed by atoms with Crippen LogP contribution in [0.25, 0.3) is 33.4 Å². The van der Waals surface area contributed by atoms with E-state index in [0.717, 1.165) is 11.0 Å². The van der Waals surface area contributed by atoms with Crippen molar-refractivity contribution in [2.24, 2.45) is 0 Å². The number of aliphatic carboxylic acids is 2. The van der Waals surface area contributed by atoms with Crippen LogP contribution in [0.15, 0.2) is 51.7 Å². The number of imidazole rings is 1. The van der Waals surface area contributed by atoms with Crippen molar-refractivity contribution < 1.29 is 29.3 Å². The van der Waals surface area contributed by atoms with Gasteiger partial charge in [-0.2, -0.15) is 0 Å². The molecule has 0 radical (unpaired) electrons. The number of phenols is 1. The van der Waals surface area contributed by atoms with E-state index in [2.05, 4.69) is 9.97 Å². The number of benzene rings is 2. The molecule has 2 heterocycles. The molecule has 0 fully saturated rings. The van der Waals surface area contributed by atoms with Crippen LogP contribution in [0.2, 0.25) is 0 Å². The SMILES string of the molecule is Cc1oc2cc(O)ccc2c(=O)c1-c1nc2ccccc2[nH]1.O=C(O)C(=O)O. The molecule has 0 aliphatic heterocycles. The zero-order chi connectivity index (χ0) is 20.4. The van der Waals surface area contributed by atoms with E-state index in [1.54, 1.807) is 13.0 Å². The number of nitrogens with zero attached hydrogens (tertiary/aromatic N) is 1. The Morgan fingerprint density at radius 2 is 1.75 bits per heavy atom. The van der Waals surface area contributed by atoms with E-state index in [1.165, 1.54) is 12.1 Å². The Labute approximate surface area is 156 Å². The lowest BCUT2D eigenvalue weighted by Crippen LogP contribution is -2.09. The Morgan fingerprint density at radius 1 is 1.07 bits per heavy atom. The largest absolute Gasteiger partial charge is 0.508 e. The number of aromatic hydroxyl groups is 1. The van der Waals surface area contributed by atoms with Crippen molar-refractivity contribution in [2.45, 2.75) is 6.92 Å². The van der Waals surface area contributed by atoms with Gasteiger partial charge in [0.15, 0.2) is 0 Å². The average Bonchev–Trinajstić information content (AvgIpc) is 3.05. The highest BCUT2D eigenvalue weighted by atomic mass is 16.4. The molecule has 0 spiro atoms. The first-order chi connectivity index (χ1) is 13.3. The molecule has 2 aromatic carbocycles. The summed E-state index contributed by atoms with van der Waals surface area (Å²) in [5.74, 6) is -2.64. The molecule has 4 rings (SSSR count). The molecule has 0 unspecified atom stereocenters. The van der Waals surface area contributed by atoms with Crippen molar-refractivity contribution in [1.29, 1.82) is 0 Å². The monoisotopic (exact) mass is 382 g/mol. The predicted octanol–water partition coefficient (Wildman–Crippen LogP) is 2.51. The minimum absolute atomic E-state index is 0.0616. The smallest absolute Gasteiger partial charge is 0.414 e. The first-order valence-corrected chi connectivity index (χ1v) is 7.95. The van der Waals surface area contributed by atoms with Gasteiger partial charge in [0.05, 0.1) is 16.4 Å². The fraction of sp³-hybridized carbons (Fsp3) is 0.0526. The third-order valence-electron chi connectivity index (χ3n) is 3.86. The highest BCUT2D eigenvalue weighted by molar-refractivity contribution is 6.27. The summed E-state index contributed by atoms with van der Waals surface area (Å²) < 4.78 is 5.68. The van der Waals surface area contributed by atoms with Crippen molar-refractivity contribution in [3.63, 3.8) is 0 Å². The van der Waals surface area contributed by atoms with E-state index in [1.807, 2.05) is 24.3 Å². The van der Waals surface area contributed by atoms with Crippen molar-refractivity contribution in [1.82, 2.24) is 9.97 Å². The molecule has 0 atom stereocenters. The Bertz CT molecular complexity index is 1230. The Morgan fingerprint density at radius 3 is 2.39 bits per heavy atom. The number of carboxylic acid groups (broad SMARTS) is 2. The van der Waals surface area contributed by atoms with Crippen molar-refractivity contribution in [3.05, 3.63) is 58.4 Å². The lowest BCUT2D eigenvalue weighted by molar-refractivity contribution is -0.159. The number of carboxylic acids is 2. The second kappa shape index (κ2) is 7.23. The van der Waals surface area contributed by atoms with Gasteiger partial charge in [-0.05, 0) is 31.2 Å². The molecule has 0 bridgehead atoms. The molecule has 28 heavy (non-hydrogen) atoms. The highest BCUT2D eigenvalue weighted by Crippen LogP contribution is 2.25. The molecule has 4 N–H and O–H groups in total. The first kappa shape index (κ1) is 18.6. The Balaban J connectivity index is 0.000000330. The van der Waals surface area contributed by atoms with Gasteiger partial charge in [-0.15, -0.1) is 0 Å². The van der Waals surface area contributed by atoms with Gasteiger partial charge in [0, 0.05) is 6.07 Å². The number of nitrogens with one attached hydrogen (secondary N) is 1. The van der Waals surface area contributed by atoms with Gasteiger partial charge >= 0.3 is 11.9 Å². The number of hydrogen-bond acceptors (Lipinski definition) is 6. The van der Waals surface area contributed by atoms with Crippen LogP contribution in [-0.4, -0.2) is 37.2 Å². The zero-order valence-corrected chi connectivity index (χ0v) is 14.5. The molecule has 0 aliphatic rings. The maximum atomic E-state index is 12.7. The fourth-order valence-electron chi connectivity index (χ4n) is 2.64. The van der Waals surface area contributed by atoms with Crippen LogP contribution in [0.5, 0.6) is 5.75 Å². The topological polar surface area (TPSA) is 154 Å². The van der Waals surface area contributed by atoms with E-state index in [4.69, 9.17) is 24.2 Å². The summed E-state index contributed by atoms with van der Waals surface area (Å²) in [4.78, 5) is 38.5. The molecule has 0 amide bonds. The summed E-state index contributed by atoms with van der Waals surface area (Å²) in [7, 11) is 0. The summed E-state index contributed by atoms with van der Waals surface area (Å²) in [6, 6.07) is 12.0. The van der Waals surface area contributed by atoms with E-state index in [-0.39, 0.29) is 11.2 Å². The number of phenolic OH excluding ortho intramolecular Hbond substituents is 1. The molecule has 142 valence electrons. The summed E-state index contributed by atoms with van der Waals surface area (Å²) in [6.07, 6.45) is 0. The summed E-state index contributed by atoms with van der Waals surface area (Å²) in [5, 5.41) is 24.7. The summed E-state index contributed by atoms with van der Waals surface area (Å²) >= 11 is 0. The molecule has 9 nitrogen and oxygen atoms in total. The van der Waals surface area contributed by atoms with E-state index in [9.17, 15) is 9.90 Å². The van der Waals surface area contributed by atoms with Crippen molar-refractivity contribution >= 4 is 33.9 Å².